The Kier molecular flexibility index (Phi) is 2.64. The fourth-order valence-electron chi connectivity index (χ4n) is 1.84. The second-order valence-electron chi connectivity index (χ2n) is 3.62. The Morgan fingerprint density at radius 1 is 1.54 bits per heavy atom. The van der Waals surface area contributed by atoms with Gasteiger partial charge in [-0.25, -0.2) is 0 Å². The molecule has 0 aromatic carbocycles. The van der Waals surface area contributed by atoms with Crippen LogP contribution in [-0.4, -0.2) is 22.9 Å². The van der Waals surface area contributed by atoms with Gasteiger partial charge < -0.3 is 5.32 Å². The van der Waals surface area contributed by atoms with E-state index in [2.05, 4.69) is 34.3 Å². The molecule has 1 fully saturated rings. The Hall–Kier alpha value is -0.830. The Morgan fingerprint density at radius 2 is 2.31 bits per heavy atom. The zero-order valence-electron chi connectivity index (χ0n) is 8.16. The predicted molar refractivity (Wildman–Crippen MR) is 52.7 cm³/mol. The molecule has 0 spiro atoms. The quantitative estimate of drug-likeness (QED) is 0.743. The molecule has 13 heavy (non-hydrogen) atoms. The van der Waals surface area contributed by atoms with E-state index in [9.17, 15) is 0 Å². The summed E-state index contributed by atoms with van der Waals surface area (Å²) in [5, 5.41) is 7.91. The van der Waals surface area contributed by atoms with Crippen molar-refractivity contribution in [1.29, 1.82) is 0 Å². The number of rotatable bonds is 2. The molecule has 2 rings (SSSR count). The summed E-state index contributed by atoms with van der Waals surface area (Å²) in [5.74, 6) is 0. The van der Waals surface area contributed by atoms with E-state index in [1.807, 2.05) is 0 Å². The van der Waals surface area contributed by atoms with Crippen molar-refractivity contribution in [2.75, 3.05) is 13.1 Å². The molecular formula is C10H17N3. The van der Waals surface area contributed by atoms with E-state index in [1.165, 1.54) is 18.5 Å². The Morgan fingerprint density at radius 3 is 2.92 bits per heavy atom. The van der Waals surface area contributed by atoms with Crippen LogP contribution in [0.3, 0.4) is 0 Å². The maximum atomic E-state index is 4.54. The second kappa shape index (κ2) is 3.92. The summed E-state index contributed by atoms with van der Waals surface area (Å²) in [6.07, 6.45) is 5.59. The summed E-state index contributed by atoms with van der Waals surface area (Å²) in [6.45, 7) is 4.41. The lowest BCUT2D eigenvalue weighted by atomic mass is 10.1. The van der Waals surface area contributed by atoms with Crippen LogP contribution in [0, 0.1) is 0 Å². The van der Waals surface area contributed by atoms with Crippen LogP contribution in [0.2, 0.25) is 0 Å². The van der Waals surface area contributed by atoms with Crippen molar-refractivity contribution in [3.05, 3.63) is 18.0 Å². The highest BCUT2D eigenvalue weighted by atomic mass is 15.3. The lowest BCUT2D eigenvalue weighted by molar-refractivity contribution is 0.342. The first-order valence-corrected chi connectivity index (χ1v) is 5.15. The van der Waals surface area contributed by atoms with E-state index < -0.39 is 0 Å². The van der Waals surface area contributed by atoms with Gasteiger partial charge >= 0.3 is 0 Å². The molecule has 1 aromatic rings. The van der Waals surface area contributed by atoms with Gasteiger partial charge in [0.1, 0.15) is 0 Å². The number of aryl methyl sites for hydroxylation is 1. The van der Waals surface area contributed by atoms with Crippen LogP contribution in [0.4, 0.5) is 0 Å². The van der Waals surface area contributed by atoms with Gasteiger partial charge in [-0.1, -0.05) is 6.92 Å². The molecule has 0 aliphatic carbocycles. The van der Waals surface area contributed by atoms with E-state index in [1.54, 1.807) is 0 Å². The van der Waals surface area contributed by atoms with E-state index in [0.717, 1.165) is 19.5 Å². The van der Waals surface area contributed by atoms with E-state index >= 15 is 0 Å². The summed E-state index contributed by atoms with van der Waals surface area (Å²) in [5.41, 5.74) is 1.21. The van der Waals surface area contributed by atoms with Crippen LogP contribution >= 0.6 is 0 Å². The van der Waals surface area contributed by atoms with Crippen molar-refractivity contribution >= 4 is 0 Å². The largest absolute Gasteiger partial charge is 0.317 e. The first kappa shape index (κ1) is 8.75. The van der Waals surface area contributed by atoms with Gasteiger partial charge in [-0.05, 0) is 38.4 Å². The maximum Gasteiger partial charge on any atom is 0.0621 e. The summed E-state index contributed by atoms with van der Waals surface area (Å²) in [7, 11) is 0. The minimum atomic E-state index is 0.626. The molecule has 1 aliphatic rings. The lowest BCUT2D eigenvalue weighted by Gasteiger charge is -2.22. The SMILES string of the molecule is CCc1ccn(C2CCNCC2)n1. The summed E-state index contributed by atoms with van der Waals surface area (Å²) in [4.78, 5) is 0. The highest BCUT2D eigenvalue weighted by molar-refractivity contribution is 4.99. The maximum absolute atomic E-state index is 4.54. The number of hydrogen-bond donors (Lipinski definition) is 1. The molecule has 1 N–H and O–H groups in total. The smallest absolute Gasteiger partial charge is 0.0621 e. The Labute approximate surface area is 79.1 Å². The normalized spacial score (nSPS) is 19.2. The number of hydrogen-bond acceptors (Lipinski definition) is 2. The van der Waals surface area contributed by atoms with Gasteiger partial charge in [-0.15, -0.1) is 0 Å². The average molecular weight is 179 g/mol. The molecule has 0 saturated carbocycles. The first-order valence-electron chi connectivity index (χ1n) is 5.15. The van der Waals surface area contributed by atoms with Crippen LogP contribution in [0.25, 0.3) is 0 Å². The van der Waals surface area contributed by atoms with Crippen molar-refractivity contribution in [2.45, 2.75) is 32.2 Å². The summed E-state index contributed by atoms with van der Waals surface area (Å²) in [6, 6.07) is 2.75. The van der Waals surface area contributed by atoms with Gasteiger partial charge in [-0.2, -0.15) is 5.10 Å². The second-order valence-corrected chi connectivity index (χ2v) is 3.62. The molecule has 1 aliphatic heterocycles. The van der Waals surface area contributed by atoms with E-state index in [-0.39, 0.29) is 0 Å². The highest BCUT2D eigenvalue weighted by Crippen LogP contribution is 2.17. The van der Waals surface area contributed by atoms with Gasteiger partial charge in [0.25, 0.3) is 0 Å². The standard InChI is InChI=1S/C10H17N3/c1-2-9-5-8-13(12-9)10-3-6-11-7-4-10/h5,8,10-11H,2-4,6-7H2,1H3. The van der Waals surface area contributed by atoms with Crippen molar-refractivity contribution in [2.24, 2.45) is 0 Å². The number of nitrogens with one attached hydrogen (secondary N) is 1. The fourth-order valence-corrected chi connectivity index (χ4v) is 1.84. The van der Waals surface area contributed by atoms with Gasteiger partial charge in [0, 0.05) is 6.20 Å². The fraction of sp³-hybridized carbons (Fsp3) is 0.700. The first-order chi connectivity index (χ1) is 6.40. The van der Waals surface area contributed by atoms with Gasteiger partial charge in [-0.3, -0.25) is 4.68 Å². The molecule has 3 heteroatoms. The third-order valence-electron chi connectivity index (χ3n) is 2.71. The zero-order chi connectivity index (χ0) is 9.10. The Bertz CT molecular complexity index is 261. The van der Waals surface area contributed by atoms with Gasteiger partial charge in [0.2, 0.25) is 0 Å². The van der Waals surface area contributed by atoms with Crippen LogP contribution in [0.5, 0.6) is 0 Å². The molecule has 0 unspecified atom stereocenters. The van der Waals surface area contributed by atoms with Gasteiger partial charge in [0.15, 0.2) is 0 Å². The third kappa shape index (κ3) is 1.91. The van der Waals surface area contributed by atoms with E-state index in [4.69, 9.17) is 0 Å². The average Bonchev–Trinajstić information content (AvgIpc) is 2.67. The van der Waals surface area contributed by atoms with Crippen LogP contribution < -0.4 is 5.32 Å². The van der Waals surface area contributed by atoms with Crippen molar-refractivity contribution < 1.29 is 0 Å². The Balaban J connectivity index is 2.05. The predicted octanol–water partition coefficient (Wildman–Crippen LogP) is 1.37. The molecule has 0 amide bonds. The van der Waals surface area contributed by atoms with E-state index in [0.29, 0.717) is 6.04 Å². The van der Waals surface area contributed by atoms with Crippen molar-refractivity contribution in [1.82, 2.24) is 15.1 Å². The molecule has 0 atom stereocenters. The minimum absolute atomic E-state index is 0.626. The summed E-state index contributed by atoms with van der Waals surface area (Å²) >= 11 is 0. The molecular weight excluding hydrogens is 162 g/mol. The minimum Gasteiger partial charge on any atom is -0.317 e. The lowest BCUT2D eigenvalue weighted by Crippen LogP contribution is -2.29. The number of aromatic nitrogens is 2. The third-order valence-corrected chi connectivity index (χ3v) is 2.71. The van der Waals surface area contributed by atoms with Gasteiger partial charge in [0.05, 0.1) is 11.7 Å². The van der Waals surface area contributed by atoms with Crippen molar-refractivity contribution in [3.8, 4) is 0 Å². The van der Waals surface area contributed by atoms with Crippen molar-refractivity contribution in [3.63, 3.8) is 0 Å². The monoisotopic (exact) mass is 179 g/mol. The van der Waals surface area contributed by atoms with Crippen LogP contribution in [0.15, 0.2) is 12.3 Å². The highest BCUT2D eigenvalue weighted by Gasteiger charge is 2.14. The van der Waals surface area contributed by atoms with Crippen LogP contribution in [-0.2, 0) is 6.42 Å². The molecule has 0 radical (unpaired) electrons. The molecule has 2 heterocycles. The molecule has 3 nitrogen and oxygen atoms in total. The number of piperidine rings is 1. The van der Waals surface area contributed by atoms with Crippen LogP contribution in [0.1, 0.15) is 31.5 Å². The molecule has 1 aromatic heterocycles. The molecule has 0 bridgehead atoms. The number of nitrogens with zero attached hydrogens (tertiary/aromatic N) is 2. The molecule has 72 valence electrons. The topological polar surface area (TPSA) is 29.9 Å². The zero-order valence-corrected chi connectivity index (χ0v) is 8.16. The molecule has 1 saturated heterocycles. The summed E-state index contributed by atoms with van der Waals surface area (Å²) < 4.78 is 2.14.